The SMILES string of the molecule is Cl.O=C(O)CNC(=O)CN1CCCC1CC(O)c1ccccc1. The van der Waals surface area contributed by atoms with Crippen LogP contribution in [0.15, 0.2) is 30.3 Å². The number of aliphatic carboxylic acids is 1. The van der Waals surface area contributed by atoms with E-state index in [9.17, 15) is 14.7 Å². The zero-order chi connectivity index (χ0) is 15.9. The number of nitrogens with zero attached hydrogens (tertiary/aromatic N) is 1. The van der Waals surface area contributed by atoms with Gasteiger partial charge in [0.2, 0.25) is 5.91 Å². The Morgan fingerprint density at radius 1 is 1.30 bits per heavy atom. The largest absolute Gasteiger partial charge is 0.480 e. The van der Waals surface area contributed by atoms with Crippen molar-refractivity contribution in [2.24, 2.45) is 0 Å². The molecule has 23 heavy (non-hydrogen) atoms. The molecule has 1 aliphatic rings. The maximum atomic E-state index is 11.7. The number of aliphatic hydroxyl groups is 1. The number of aliphatic hydroxyl groups excluding tert-OH is 1. The lowest BCUT2D eigenvalue weighted by atomic mass is 10.0. The van der Waals surface area contributed by atoms with Crippen molar-refractivity contribution in [3.63, 3.8) is 0 Å². The van der Waals surface area contributed by atoms with E-state index in [0.29, 0.717) is 6.42 Å². The third kappa shape index (κ3) is 6.17. The number of nitrogens with one attached hydrogen (secondary N) is 1. The summed E-state index contributed by atoms with van der Waals surface area (Å²) < 4.78 is 0. The summed E-state index contributed by atoms with van der Waals surface area (Å²) in [5.41, 5.74) is 0.879. The Morgan fingerprint density at radius 3 is 2.65 bits per heavy atom. The number of amides is 1. The lowest BCUT2D eigenvalue weighted by Gasteiger charge is -2.26. The molecular weight excluding hydrogens is 320 g/mol. The van der Waals surface area contributed by atoms with E-state index in [1.165, 1.54) is 0 Å². The van der Waals surface area contributed by atoms with Crippen molar-refractivity contribution in [2.45, 2.75) is 31.4 Å². The van der Waals surface area contributed by atoms with Crippen molar-refractivity contribution in [3.05, 3.63) is 35.9 Å². The first-order valence-corrected chi connectivity index (χ1v) is 7.52. The van der Waals surface area contributed by atoms with Gasteiger partial charge in [0, 0.05) is 6.04 Å². The van der Waals surface area contributed by atoms with E-state index in [2.05, 4.69) is 5.32 Å². The van der Waals surface area contributed by atoms with Gasteiger partial charge in [-0.25, -0.2) is 0 Å². The Hall–Kier alpha value is -1.63. The van der Waals surface area contributed by atoms with Gasteiger partial charge < -0.3 is 15.5 Å². The summed E-state index contributed by atoms with van der Waals surface area (Å²) in [5, 5.41) is 21.2. The molecule has 1 saturated heterocycles. The van der Waals surface area contributed by atoms with Gasteiger partial charge in [-0.2, -0.15) is 0 Å². The van der Waals surface area contributed by atoms with E-state index < -0.39 is 12.1 Å². The third-order valence-corrected chi connectivity index (χ3v) is 3.96. The number of likely N-dealkylation sites (tertiary alicyclic amines) is 1. The normalized spacial score (nSPS) is 18.9. The number of hydrogen-bond donors (Lipinski definition) is 3. The highest BCUT2D eigenvalue weighted by molar-refractivity contribution is 5.85. The highest BCUT2D eigenvalue weighted by Crippen LogP contribution is 2.26. The van der Waals surface area contributed by atoms with Gasteiger partial charge in [-0.05, 0) is 31.4 Å². The van der Waals surface area contributed by atoms with Crippen molar-refractivity contribution < 1.29 is 19.8 Å². The van der Waals surface area contributed by atoms with Crippen LogP contribution in [-0.2, 0) is 9.59 Å². The second kappa shape index (κ2) is 9.50. The van der Waals surface area contributed by atoms with Crippen LogP contribution in [0, 0.1) is 0 Å². The van der Waals surface area contributed by atoms with Crippen molar-refractivity contribution in [2.75, 3.05) is 19.6 Å². The minimum Gasteiger partial charge on any atom is -0.480 e. The molecule has 2 rings (SSSR count). The molecular formula is C16H23ClN2O4. The molecule has 0 aromatic heterocycles. The molecule has 2 atom stereocenters. The molecule has 6 nitrogen and oxygen atoms in total. The zero-order valence-electron chi connectivity index (χ0n) is 12.9. The van der Waals surface area contributed by atoms with E-state index in [1.807, 2.05) is 35.2 Å². The summed E-state index contributed by atoms with van der Waals surface area (Å²) >= 11 is 0. The van der Waals surface area contributed by atoms with Crippen molar-refractivity contribution in [3.8, 4) is 0 Å². The van der Waals surface area contributed by atoms with Crippen LogP contribution < -0.4 is 5.32 Å². The first kappa shape index (κ1) is 19.4. The lowest BCUT2D eigenvalue weighted by Crippen LogP contribution is -2.41. The topological polar surface area (TPSA) is 89.9 Å². The number of rotatable bonds is 7. The average Bonchev–Trinajstić information content (AvgIpc) is 2.93. The maximum absolute atomic E-state index is 11.7. The van der Waals surface area contributed by atoms with E-state index >= 15 is 0 Å². The number of benzene rings is 1. The van der Waals surface area contributed by atoms with Crippen LogP contribution in [0.1, 0.15) is 30.9 Å². The number of carboxylic acid groups (broad SMARTS) is 1. The van der Waals surface area contributed by atoms with E-state index in [0.717, 1.165) is 24.9 Å². The van der Waals surface area contributed by atoms with Gasteiger partial charge in [0.05, 0.1) is 12.6 Å². The Balaban J connectivity index is 0.00000264. The highest BCUT2D eigenvalue weighted by atomic mass is 35.5. The summed E-state index contributed by atoms with van der Waals surface area (Å²) in [6.07, 6.45) is 1.96. The first-order valence-electron chi connectivity index (χ1n) is 7.52. The number of carboxylic acids is 1. The first-order chi connectivity index (χ1) is 10.6. The minimum atomic E-state index is -1.05. The van der Waals surface area contributed by atoms with E-state index in [1.54, 1.807) is 0 Å². The van der Waals surface area contributed by atoms with Gasteiger partial charge in [0.15, 0.2) is 0 Å². The van der Waals surface area contributed by atoms with Crippen LogP contribution in [0.5, 0.6) is 0 Å². The Kier molecular flexibility index (Phi) is 8.02. The second-order valence-corrected chi connectivity index (χ2v) is 5.60. The van der Waals surface area contributed by atoms with Gasteiger partial charge in [-0.15, -0.1) is 12.4 Å². The Bertz CT molecular complexity index is 512. The predicted octanol–water partition coefficient (Wildman–Crippen LogP) is 1.20. The molecule has 0 spiro atoms. The van der Waals surface area contributed by atoms with Gasteiger partial charge in [-0.3, -0.25) is 14.5 Å². The maximum Gasteiger partial charge on any atom is 0.322 e. The number of carbonyl (C=O) groups is 2. The molecule has 0 saturated carbocycles. The van der Waals surface area contributed by atoms with Crippen LogP contribution in [0.2, 0.25) is 0 Å². The summed E-state index contributed by atoms with van der Waals surface area (Å²) in [6, 6.07) is 9.62. The van der Waals surface area contributed by atoms with Crippen LogP contribution in [0.3, 0.4) is 0 Å². The second-order valence-electron chi connectivity index (χ2n) is 5.60. The van der Waals surface area contributed by atoms with Crippen LogP contribution in [0.4, 0.5) is 0 Å². The lowest BCUT2D eigenvalue weighted by molar-refractivity contribution is -0.138. The van der Waals surface area contributed by atoms with Gasteiger partial charge in [0.25, 0.3) is 0 Å². The molecule has 3 N–H and O–H groups in total. The molecule has 1 fully saturated rings. The van der Waals surface area contributed by atoms with Gasteiger partial charge >= 0.3 is 5.97 Å². The van der Waals surface area contributed by atoms with Crippen LogP contribution in [0.25, 0.3) is 0 Å². The monoisotopic (exact) mass is 342 g/mol. The molecule has 7 heteroatoms. The summed E-state index contributed by atoms with van der Waals surface area (Å²) in [7, 11) is 0. The van der Waals surface area contributed by atoms with Gasteiger partial charge in [0.1, 0.15) is 6.54 Å². The quantitative estimate of drug-likeness (QED) is 0.692. The molecule has 128 valence electrons. The fraction of sp³-hybridized carbons (Fsp3) is 0.500. The minimum absolute atomic E-state index is 0. The number of hydrogen-bond acceptors (Lipinski definition) is 4. The van der Waals surface area contributed by atoms with E-state index in [4.69, 9.17) is 5.11 Å². The molecule has 0 aliphatic carbocycles. The fourth-order valence-electron chi connectivity index (χ4n) is 2.85. The van der Waals surface area contributed by atoms with Crippen molar-refractivity contribution in [1.29, 1.82) is 0 Å². The average molecular weight is 343 g/mol. The molecule has 1 amide bonds. The third-order valence-electron chi connectivity index (χ3n) is 3.96. The van der Waals surface area contributed by atoms with Crippen molar-refractivity contribution in [1.82, 2.24) is 10.2 Å². The van der Waals surface area contributed by atoms with Crippen LogP contribution >= 0.6 is 12.4 Å². The molecule has 2 unspecified atom stereocenters. The molecule has 1 aromatic rings. The Labute approximate surface area is 141 Å². The predicted molar refractivity (Wildman–Crippen MR) is 88.5 cm³/mol. The number of halogens is 1. The summed E-state index contributed by atoms with van der Waals surface area (Å²) in [4.78, 5) is 24.2. The van der Waals surface area contributed by atoms with Gasteiger partial charge in [-0.1, -0.05) is 30.3 Å². The van der Waals surface area contributed by atoms with E-state index in [-0.39, 0.29) is 37.4 Å². The fourth-order valence-corrected chi connectivity index (χ4v) is 2.85. The molecule has 1 heterocycles. The summed E-state index contributed by atoms with van der Waals surface area (Å²) in [6.45, 7) is 0.621. The highest BCUT2D eigenvalue weighted by Gasteiger charge is 2.28. The van der Waals surface area contributed by atoms with Crippen LogP contribution in [-0.4, -0.2) is 52.7 Å². The standard InChI is InChI=1S/C16H22N2O4.ClH/c19-14(12-5-2-1-3-6-12)9-13-7-4-8-18(13)11-15(20)17-10-16(21)22;/h1-3,5-6,13-14,19H,4,7-11H2,(H,17,20)(H,21,22);1H. The number of carbonyl (C=O) groups excluding carboxylic acids is 1. The smallest absolute Gasteiger partial charge is 0.322 e. The molecule has 1 aromatic carbocycles. The summed E-state index contributed by atoms with van der Waals surface area (Å²) in [5.74, 6) is -1.34. The molecule has 0 bridgehead atoms. The van der Waals surface area contributed by atoms with Crippen molar-refractivity contribution >= 4 is 24.3 Å². The molecule has 1 aliphatic heterocycles. The molecule has 0 radical (unpaired) electrons. The zero-order valence-corrected chi connectivity index (χ0v) is 13.7. The Morgan fingerprint density at radius 2 is 2.00 bits per heavy atom.